The molecule has 0 spiro atoms. The van der Waals surface area contributed by atoms with Gasteiger partial charge in [0.05, 0.1) is 29.4 Å². The highest BCUT2D eigenvalue weighted by Crippen LogP contribution is 2.49. The van der Waals surface area contributed by atoms with Gasteiger partial charge in [-0.1, -0.05) is 0 Å². The molecule has 1 aliphatic rings. The molecule has 0 fully saturated rings. The van der Waals surface area contributed by atoms with Crippen LogP contribution in [0, 0.1) is 23.0 Å². The molecule has 0 bridgehead atoms. The maximum absolute atomic E-state index is 14.1. The van der Waals surface area contributed by atoms with Crippen LogP contribution >= 0.6 is 0 Å². The molecule has 1 amide bonds. The van der Waals surface area contributed by atoms with Crippen molar-refractivity contribution in [3.05, 3.63) is 59.2 Å². The van der Waals surface area contributed by atoms with Crippen molar-refractivity contribution in [1.82, 2.24) is 29.7 Å². The number of aromatic nitrogens is 6. The number of alkyl halides is 3. The molecule has 0 radical (unpaired) electrons. The first kappa shape index (κ1) is 22.3. The molecule has 0 saturated carbocycles. The van der Waals surface area contributed by atoms with Crippen LogP contribution in [0.4, 0.5) is 27.8 Å². The lowest BCUT2D eigenvalue weighted by atomic mass is 9.82. The van der Waals surface area contributed by atoms with Crippen LogP contribution in [-0.4, -0.2) is 41.8 Å². The second-order valence-electron chi connectivity index (χ2n) is 7.77. The molecule has 0 aromatic carbocycles. The molecular formula is C21H11F5N8O. The minimum Gasteiger partial charge on any atom is -0.309 e. The van der Waals surface area contributed by atoms with E-state index in [-0.39, 0.29) is 34.8 Å². The molecule has 176 valence electrons. The maximum atomic E-state index is 14.1. The van der Waals surface area contributed by atoms with Gasteiger partial charge in [0.2, 0.25) is 5.91 Å². The van der Waals surface area contributed by atoms with Gasteiger partial charge >= 0.3 is 6.18 Å². The Hall–Kier alpha value is -4.54. The molecule has 1 atom stereocenters. The molecule has 14 heteroatoms. The Bertz CT molecular complexity index is 1570. The highest BCUT2D eigenvalue weighted by atomic mass is 19.4. The molecule has 35 heavy (non-hydrogen) atoms. The Morgan fingerprint density at radius 3 is 2.69 bits per heavy atom. The van der Waals surface area contributed by atoms with Crippen molar-refractivity contribution in [1.29, 1.82) is 5.26 Å². The number of fused-ring (bicyclic) bond motifs is 2. The normalized spacial score (nSPS) is 17.3. The Labute approximate surface area is 192 Å². The van der Waals surface area contributed by atoms with Crippen LogP contribution < -0.4 is 5.32 Å². The highest BCUT2D eigenvalue weighted by molar-refractivity contribution is 6.06. The van der Waals surface area contributed by atoms with Crippen molar-refractivity contribution >= 4 is 22.8 Å². The maximum Gasteiger partial charge on any atom is 0.407 e. The molecule has 9 nitrogen and oxygen atoms in total. The number of nitrogens with zero attached hydrogens (tertiary/aromatic N) is 7. The lowest BCUT2D eigenvalue weighted by molar-refractivity contribution is -0.186. The van der Waals surface area contributed by atoms with Crippen LogP contribution in [0.15, 0.2) is 30.6 Å². The fourth-order valence-electron chi connectivity index (χ4n) is 3.81. The van der Waals surface area contributed by atoms with Crippen molar-refractivity contribution in [2.75, 3.05) is 5.32 Å². The number of amides is 1. The van der Waals surface area contributed by atoms with Gasteiger partial charge in [0.25, 0.3) is 0 Å². The van der Waals surface area contributed by atoms with E-state index in [1.807, 2.05) is 5.32 Å². The average molecular weight is 486 g/mol. The van der Waals surface area contributed by atoms with Gasteiger partial charge in [0.1, 0.15) is 29.2 Å². The van der Waals surface area contributed by atoms with E-state index in [2.05, 4.69) is 25.0 Å². The zero-order valence-corrected chi connectivity index (χ0v) is 17.5. The summed E-state index contributed by atoms with van der Waals surface area (Å²) >= 11 is 0. The molecule has 1 unspecified atom stereocenters. The van der Waals surface area contributed by atoms with Gasteiger partial charge in [-0.2, -0.15) is 23.5 Å². The van der Waals surface area contributed by atoms with Gasteiger partial charge in [-0.25, -0.2) is 28.4 Å². The fraction of sp³-hybridized carbons (Fsp3) is 0.190. The van der Waals surface area contributed by atoms with Crippen LogP contribution in [0.2, 0.25) is 0 Å². The molecule has 5 heterocycles. The predicted octanol–water partition coefficient (Wildman–Crippen LogP) is 3.25. The largest absolute Gasteiger partial charge is 0.407 e. The molecular weight excluding hydrogens is 475 g/mol. The Morgan fingerprint density at radius 1 is 1.23 bits per heavy atom. The zero-order valence-electron chi connectivity index (χ0n) is 17.5. The number of halogens is 5. The van der Waals surface area contributed by atoms with Crippen LogP contribution in [0.5, 0.6) is 0 Å². The third kappa shape index (κ3) is 3.27. The monoisotopic (exact) mass is 486 g/mol. The minimum absolute atomic E-state index is 0.00429. The van der Waals surface area contributed by atoms with Gasteiger partial charge in [-0.3, -0.25) is 9.78 Å². The summed E-state index contributed by atoms with van der Waals surface area (Å²) in [5, 5.41) is 15.9. The third-order valence-electron chi connectivity index (χ3n) is 5.67. The highest BCUT2D eigenvalue weighted by Gasteiger charge is 2.63. The number of nitriles is 1. The van der Waals surface area contributed by atoms with E-state index in [0.717, 1.165) is 12.3 Å². The van der Waals surface area contributed by atoms with Crippen LogP contribution in [-0.2, 0) is 16.8 Å². The first-order chi connectivity index (χ1) is 16.5. The topological polar surface area (TPSA) is 122 Å². The number of hydrogen-bond donors (Lipinski definition) is 1. The number of rotatable bonds is 3. The molecule has 0 saturated heterocycles. The van der Waals surface area contributed by atoms with Crippen molar-refractivity contribution in [2.45, 2.75) is 25.1 Å². The van der Waals surface area contributed by atoms with Gasteiger partial charge in [-0.15, -0.1) is 0 Å². The van der Waals surface area contributed by atoms with Crippen LogP contribution in [0.25, 0.3) is 22.6 Å². The van der Waals surface area contributed by atoms with E-state index >= 15 is 0 Å². The summed E-state index contributed by atoms with van der Waals surface area (Å²) in [5.74, 6) is -3.68. The second-order valence-corrected chi connectivity index (χ2v) is 7.77. The molecule has 0 aliphatic carbocycles. The number of pyridine rings is 2. The minimum atomic E-state index is -5.03. The van der Waals surface area contributed by atoms with Gasteiger partial charge < -0.3 is 5.32 Å². The summed E-state index contributed by atoms with van der Waals surface area (Å²) < 4.78 is 70.7. The summed E-state index contributed by atoms with van der Waals surface area (Å²) in [5.41, 5.74) is -4.53. The van der Waals surface area contributed by atoms with Crippen molar-refractivity contribution in [2.24, 2.45) is 0 Å². The number of anilines is 1. The predicted molar refractivity (Wildman–Crippen MR) is 109 cm³/mol. The number of carbonyl (C=O) groups excluding carboxylic acids is 1. The fourth-order valence-corrected chi connectivity index (χ4v) is 3.81. The summed E-state index contributed by atoms with van der Waals surface area (Å²) in [6, 6.07) is 5.19. The zero-order chi connectivity index (χ0) is 25.1. The molecule has 1 N–H and O–H groups in total. The van der Waals surface area contributed by atoms with Crippen molar-refractivity contribution < 1.29 is 26.7 Å². The summed E-state index contributed by atoms with van der Waals surface area (Å²) in [7, 11) is 0. The van der Waals surface area contributed by atoms with E-state index < -0.39 is 46.2 Å². The first-order valence-corrected chi connectivity index (χ1v) is 9.87. The SMILES string of the molecule is CC1(C(F)(F)F)C(=O)Nc2nc(-c3nn(Cc4ncccc4F)c4ncc(F)cc34)nc(C#N)c21. The summed E-state index contributed by atoms with van der Waals surface area (Å²) in [6.07, 6.45) is -2.77. The smallest absolute Gasteiger partial charge is 0.309 e. The van der Waals surface area contributed by atoms with E-state index in [9.17, 15) is 32.0 Å². The standard InChI is InChI=1S/C21H11F5N8O/c1-20(21(24,25)26)14-12(6-27)30-17(31-16(14)32-19(20)35)15-10-5-9(22)7-29-18(10)34(33-15)8-13-11(23)3-2-4-28-13/h2-5,7H,8H2,1H3,(H,30,31,32,35). The molecule has 4 aromatic rings. The quantitative estimate of drug-likeness (QED) is 0.441. The van der Waals surface area contributed by atoms with E-state index in [4.69, 9.17) is 0 Å². The Balaban J connectivity index is 1.72. The van der Waals surface area contributed by atoms with Crippen molar-refractivity contribution in [3.8, 4) is 17.6 Å². The Morgan fingerprint density at radius 2 is 2.00 bits per heavy atom. The van der Waals surface area contributed by atoms with Gasteiger partial charge in [-0.05, 0) is 25.1 Å². The van der Waals surface area contributed by atoms with Crippen molar-refractivity contribution in [3.63, 3.8) is 0 Å². The van der Waals surface area contributed by atoms with Crippen LogP contribution in [0.1, 0.15) is 23.9 Å². The summed E-state index contributed by atoms with van der Waals surface area (Å²) in [4.78, 5) is 28.1. The first-order valence-electron chi connectivity index (χ1n) is 9.87. The van der Waals surface area contributed by atoms with Crippen LogP contribution in [0.3, 0.4) is 0 Å². The number of hydrogen-bond acceptors (Lipinski definition) is 7. The Kier molecular flexibility index (Phi) is 4.76. The van der Waals surface area contributed by atoms with E-state index in [1.165, 1.54) is 23.0 Å². The molecule has 1 aliphatic heterocycles. The average Bonchev–Trinajstić information content (AvgIpc) is 3.29. The molecule has 4 aromatic heterocycles. The third-order valence-corrected chi connectivity index (χ3v) is 5.67. The summed E-state index contributed by atoms with van der Waals surface area (Å²) in [6.45, 7) is 0.406. The van der Waals surface area contributed by atoms with E-state index in [0.29, 0.717) is 6.92 Å². The van der Waals surface area contributed by atoms with Gasteiger partial charge in [0, 0.05) is 6.20 Å². The molecule has 5 rings (SSSR count). The lowest BCUT2D eigenvalue weighted by Gasteiger charge is -2.25. The van der Waals surface area contributed by atoms with E-state index in [1.54, 1.807) is 6.07 Å². The number of nitrogens with one attached hydrogen (secondary N) is 1. The second kappa shape index (κ2) is 7.49. The lowest BCUT2D eigenvalue weighted by Crippen LogP contribution is -2.45. The van der Waals surface area contributed by atoms with Gasteiger partial charge in [0.15, 0.2) is 22.6 Å². The number of carbonyl (C=O) groups is 1.